The molecule has 0 bridgehead atoms. The van der Waals surface area contributed by atoms with Crippen molar-refractivity contribution in [3.63, 3.8) is 0 Å². The molecule has 21 heavy (non-hydrogen) atoms. The predicted octanol–water partition coefficient (Wildman–Crippen LogP) is 2.09. The molecule has 0 unspecified atom stereocenters. The van der Waals surface area contributed by atoms with Crippen LogP contribution in [-0.2, 0) is 10.0 Å². The van der Waals surface area contributed by atoms with Gasteiger partial charge in [-0.15, -0.1) is 0 Å². The zero-order chi connectivity index (χ0) is 15.0. The summed E-state index contributed by atoms with van der Waals surface area (Å²) in [5, 5.41) is 0. The highest BCUT2D eigenvalue weighted by molar-refractivity contribution is 7.89. The maximum atomic E-state index is 12.9. The van der Waals surface area contributed by atoms with Gasteiger partial charge in [0.1, 0.15) is 5.75 Å². The number of hydrogen-bond donors (Lipinski definition) is 1. The first kappa shape index (κ1) is 14.7. The summed E-state index contributed by atoms with van der Waals surface area (Å²) < 4.78 is 32.5. The van der Waals surface area contributed by atoms with Crippen molar-refractivity contribution in [2.45, 2.75) is 30.6 Å². The van der Waals surface area contributed by atoms with E-state index in [1.165, 1.54) is 13.2 Å². The lowest BCUT2D eigenvalue weighted by molar-refractivity contribution is 0.381. The lowest BCUT2D eigenvalue weighted by atomic mass is 10.3. The molecule has 2 aliphatic rings. The second-order valence-corrected chi connectivity index (χ2v) is 8.05. The van der Waals surface area contributed by atoms with E-state index >= 15 is 0 Å². The average molecular weight is 310 g/mol. The van der Waals surface area contributed by atoms with Crippen molar-refractivity contribution < 1.29 is 13.2 Å². The zero-order valence-electron chi connectivity index (χ0n) is 12.3. The van der Waals surface area contributed by atoms with E-state index in [4.69, 9.17) is 10.5 Å². The molecule has 0 heterocycles. The molecule has 0 atom stereocenters. The molecule has 1 aromatic rings. The Kier molecular flexibility index (Phi) is 3.84. The molecule has 2 fully saturated rings. The van der Waals surface area contributed by atoms with Gasteiger partial charge in [0.15, 0.2) is 0 Å². The van der Waals surface area contributed by atoms with E-state index in [1.54, 1.807) is 16.4 Å². The maximum absolute atomic E-state index is 12.9. The van der Waals surface area contributed by atoms with E-state index in [0.29, 0.717) is 36.4 Å². The Hall–Kier alpha value is -1.27. The van der Waals surface area contributed by atoms with Crippen molar-refractivity contribution in [3.05, 3.63) is 18.2 Å². The lowest BCUT2D eigenvalue weighted by Crippen LogP contribution is -2.34. The summed E-state index contributed by atoms with van der Waals surface area (Å²) in [7, 11) is -1.97. The second-order valence-electron chi connectivity index (χ2n) is 6.11. The van der Waals surface area contributed by atoms with Gasteiger partial charge in [-0.2, -0.15) is 4.31 Å². The molecule has 0 aliphatic heterocycles. The van der Waals surface area contributed by atoms with Crippen LogP contribution in [0.15, 0.2) is 23.1 Å². The molecule has 2 saturated carbocycles. The van der Waals surface area contributed by atoms with Crippen LogP contribution in [0, 0.1) is 11.8 Å². The van der Waals surface area contributed by atoms with E-state index in [2.05, 4.69) is 0 Å². The van der Waals surface area contributed by atoms with Gasteiger partial charge in [-0.1, -0.05) is 0 Å². The molecule has 0 saturated heterocycles. The highest BCUT2D eigenvalue weighted by Gasteiger charge is 2.35. The first-order valence-electron chi connectivity index (χ1n) is 7.44. The number of rotatable bonds is 7. The zero-order valence-corrected chi connectivity index (χ0v) is 13.1. The minimum atomic E-state index is -3.46. The Morgan fingerprint density at radius 1 is 1.19 bits per heavy atom. The van der Waals surface area contributed by atoms with Crippen molar-refractivity contribution in [1.82, 2.24) is 4.31 Å². The number of benzene rings is 1. The lowest BCUT2D eigenvalue weighted by Gasteiger charge is -2.22. The van der Waals surface area contributed by atoms with Crippen LogP contribution in [0.4, 0.5) is 5.69 Å². The summed E-state index contributed by atoms with van der Waals surface area (Å²) >= 11 is 0. The normalized spacial score (nSPS) is 19.0. The highest BCUT2D eigenvalue weighted by atomic mass is 32.2. The van der Waals surface area contributed by atoms with Crippen LogP contribution in [0.3, 0.4) is 0 Å². The topological polar surface area (TPSA) is 72.6 Å². The van der Waals surface area contributed by atoms with E-state index < -0.39 is 10.0 Å². The monoisotopic (exact) mass is 310 g/mol. The van der Waals surface area contributed by atoms with Crippen LogP contribution in [0.25, 0.3) is 0 Å². The predicted molar refractivity (Wildman–Crippen MR) is 81.6 cm³/mol. The van der Waals surface area contributed by atoms with Gasteiger partial charge < -0.3 is 10.5 Å². The third kappa shape index (κ3) is 3.32. The number of anilines is 1. The van der Waals surface area contributed by atoms with Gasteiger partial charge >= 0.3 is 0 Å². The van der Waals surface area contributed by atoms with E-state index in [-0.39, 0.29) is 4.90 Å². The molecule has 3 rings (SSSR count). The first-order chi connectivity index (χ1) is 10.0. The summed E-state index contributed by atoms with van der Waals surface area (Å²) in [6.45, 7) is 1.29. The highest BCUT2D eigenvalue weighted by Crippen LogP contribution is 2.36. The molecule has 0 aromatic heterocycles. The molecule has 5 nitrogen and oxygen atoms in total. The molecular formula is C15H22N2O3S. The number of nitrogens with zero attached hydrogens (tertiary/aromatic N) is 1. The molecule has 0 radical (unpaired) electrons. The van der Waals surface area contributed by atoms with Crippen LogP contribution < -0.4 is 10.5 Å². The van der Waals surface area contributed by atoms with Crippen molar-refractivity contribution in [3.8, 4) is 5.75 Å². The van der Waals surface area contributed by atoms with Gasteiger partial charge in [-0.25, -0.2) is 8.42 Å². The molecule has 2 aliphatic carbocycles. The fourth-order valence-corrected chi connectivity index (χ4v) is 4.06. The Labute approximate surface area is 126 Å². The largest absolute Gasteiger partial charge is 0.495 e. The first-order valence-corrected chi connectivity index (χ1v) is 8.88. The Bertz CT molecular complexity index is 608. The summed E-state index contributed by atoms with van der Waals surface area (Å²) in [6.07, 6.45) is 4.56. The number of nitrogen functional groups attached to an aromatic ring is 1. The van der Waals surface area contributed by atoms with Crippen LogP contribution in [-0.4, -0.2) is 32.9 Å². The molecule has 2 N–H and O–H groups in total. The van der Waals surface area contributed by atoms with Crippen molar-refractivity contribution in [2.24, 2.45) is 11.8 Å². The van der Waals surface area contributed by atoms with Crippen LogP contribution in [0.5, 0.6) is 5.75 Å². The van der Waals surface area contributed by atoms with Gasteiger partial charge in [0.2, 0.25) is 10.0 Å². The van der Waals surface area contributed by atoms with Crippen molar-refractivity contribution in [1.29, 1.82) is 0 Å². The molecule has 0 spiro atoms. The molecular weight excluding hydrogens is 288 g/mol. The number of sulfonamides is 1. The van der Waals surface area contributed by atoms with E-state index in [9.17, 15) is 8.42 Å². The Morgan fingerprint density at radius 3 is 2.24 bits per heavy atom. The van der Waals surface area contributed by atoms with Crippen LogP contribution in [0.2, 0.25) is 0 Å². The fourth-order valence-electron chi connectivity index (χ4n) is 2.45. The summed E-state index contributed by atoms with van der Waals surface area (Å²) in [4.78, 5) is 0.273. The fraction of sp³-hybridized carbons (Fsp3) is 0.600. The second kappa shape index (κ2) is 5.50. The maximum Gasteiger partial charge on any atom is 0.243 e. The third-order valence-electron chi connectivity index (χ3n) is 4.16. The number of hydrogen-bond acceptors (Lipinski definition) is 4. The standard InChI is InChI=1S/C15H22N2O3S/c1-20-15-8-13(6-7-14(15)16)21(18,19)17(9-11-2-3-11)10-12-4-5-12/h6-8,11-12H,2-5,9-10,16H2,1H3. The van der Waals surface area contributed by atoms with E-state index in [1.807, 2.05) is 0 Å². The van der Waals surface area contributed by atoms with Gasteiger partial charge in [0, 0.05) is 19.2 Å². The van der Waals surface area contributed by atoms with Crippen molar-refractivity contribution >= 4 is 15.7 Å². The number of methoxy groups -OCH3 is 1. The van der Waals surface area contributed by atoms with Gasteiger partial charge in [0.25, 0.3) is 0 Å². The molecule has 0 amide bonds. The summed E-state index contributed by atoms with van der Waals surface area (Å²) in [5.41, 5.74) is 6.22. The average Bonchev–Trinajstić information content (AvgIpc) is 3.33. The molecule has 6 heteroatoms. The minimum Gasteiger partial charge on any atom is -0.495 e. The number of nitrogens with two attached hydrogens (primary N) is 1. The van der Waals surface area contributed by atoms with Gasteiger partial charge in [-0.05, 0) is 49.7 Å². The summed E-state index contributed by atoms with van der Waals surface area (Å²) in [5.74, 6) is 1.48. The minimum absolute atomic E-state index is 0.273. The Balaban J connectivity index is 1.87. The van der Waals surface area contributed by atoms with E-state index in [0.717, 1.165) is 25.7 Å². The number of ether oxygens (including phenoxy) is 1. The van der Waals surface area contributed by atoms with Crippen LogP contribution in [0.1, 0.15) is 25.7 Å². The smallest absolute Gasteiger partial charge is 0.243 e. The molecule has 1 aromatic carbocycles. The van der Waals surface area contributed by atoms with Gasteiger partial charge in [0.05, 0.1) is 17.7 Å². The summed E-state index contributed by atoms with van der Waals surface area (Å²) in [6, 6.07) is 4.69. The third-order valence-corrected chi connectivity index (χ3v) is 5.99. The molecule has 116 valence electrons. The Morgan fingerprint density at radius 2 is 1.76 bits per heavy atom. The van der Waals surface area contributed by atoms with Gasteiger partial charge in [-0.3, -0.25) is 0 Å². The van der Waals surface area contributed by atoms with Crippen LogP contribution >= 0.6 is 0 Å². The quantitative estimate of drug-likeness (QED) is 0.783. The van der Waals surface area contributed by atoms with Crippen molar-refractivity contribution in [2.75, 3.05) is 25.9 Å². The SMILES string of the molecule is COc1cc(S(=O)(=O)N(CC2CC2)CC2CC2)ccc1N.